The number of amides is 1. The fourth-order valence-electron chi connectivity index (χ4n) is 1.19. The van der Waals surface area contributed by atoms with E-state index >= 15 is 0 Å². The number of halogens is 1. The van der Waals surface area contributed by atoms with Crippen LogP contribution in [0.25, 0.3) is 0 Å². The topological polar surface area (TPSA) is 89.3 Å². The molecule has 0 aliphatic carbocycles. The summed E-state index contributed by atoms with van der Waals surface area (Å²) in [6.07, 6.45) is 1.01. The number of hydrogen-bond donors (Lipinski definition) is 2. The maximum absolute atomic E-state index is 13.4. The standard InChI is InChI=1S/C11H15FN2O3S/c1-7(6-13)11(15)14-10-5-8(18(2,16)17)3-4-9(10)12/h3-5,7H,6,13H2,1-2H3,(H,14,15). The number of sulfone groups is 1. The summed E-state index contributed by atoms with van der Waals surface area (Å²) < 4.78 is 36.1. The average Bonchev–Trinajstić information content (AvgIpc) is 2.29. The van der Waals surface area contributed by atoms with E-state index in [-0.39, 0.29) is 17.1 Å². The lowest BCUT2D eigenvalue weighted by atomic mass is 10.1. The smallest absolute Gasteiger partial charge is 0.228 e. The third-order valence-corrected chi connectivity index (χ3v) is 3.54. The lowest BCUT2D eigenvalue weighted by Gasteiger charge is -2.11. The van der Waals surface area contributed by atoms with Crippen LogP contribution < -0.4 is 11.1 Å². The maximum atomic E-state index is 13.4. The predicted molar refractivity (Wildman–Crippen MR) is 66.4 cm³/mol. The number of anilines is 1. The molecule has 5 nitrogen and oxygen atoms in total. The van der Waals surface area contributed by atoms with Gasteiger partial charge in [0.05, 0.1) is 10.6 Å². The van der Waals surface area contributed by atoms with Crippen molar-refractivity contribution < 1.29 is 17.6 Å². The van der Waals surface area contributed by atoms with Crippen LogP contribution in [0.3, 0.4) is 0 Å². The molecule has 0 spiro atoms. The molecular formula is C11H15FN2O3S. The number of carbonyl (C=O) groups is 1. The Morgan fingerprint density at radius 3 is 2.61 bits per heavy atom. The molecule has 3 N–H and O–H groups in total. The molecule has 18 heavy (non-hydrogen) atoms. The van der Waals surface area contributed by atoms with E-state index in [2.05, 4.69) is 5.32 Å². The van der Waals surface area contributed by atoms with Gasteiger partial charge in [0.25, 0.3) is 0 Å². The molecule has 0 aliphatic rings. The van der Waals surface area contributed by atoms with Gasteiger partial charge in [0.15, 0.2) is 9.84 Å². The van der Waals surface area contributed by atoms with Crippen LogP contribution in [-0.4, -0.2) is 27.1 Å². The predicted octanol–water partition coefficient (Wildman–Crippen LogP) is 0.762. The summed E-state index contributed by atoms with van der Waals surface area (Å²) in [6, 6.07) is 3.23. The van der Waals surface area contributed by atoms with Crippen LogP contribution in [0.2, 0.25) is 0 Å². The highest BCUT2D eigenvalue weighted by atomic mass is 32.2. The van der Waals surface area contributed by atoms with E-state index in [4.69, 9.17) is 5.73 Å². The number of hydrogen-bond acceptors (Lipinski definition) is 4. The van der Waals surface area contributed by atoms with Gasteiger partial charge in [-0.3, -0.25) is 4.79 Å². The molecule has 0 saturated carbocycles. The molecule has 0 bridgehead atoms. The van der Waals surface area contributed by atoms with Crippen molar-refractivity contribution in [1.82, 2.24) is 0 Å². The van der Waals surface area contributed by atoms with E-state index in [0.717, 1.165) is 24.5 Å². The number of benzene rings is 1. The minimum absolute atomic E-state index is 0.0559. The zero-order valence-corrected chi connectivity index (χ0v) is 10.9. The van der Waals surface area contributed by atoms with Crippen LogP contribution in [0.4, 0.5) is 10.1 Å². The lowest BCUT2D eigenvalue weighted by Crippen LogP contribution is -2.27. The van der Waals surface area contributed by atoms with Crippen LogP contribution >= 0.6 is 0 Å². The summed E-state index contributed by atoms with van der Waals surface area (Å²) in [4.78, 5) is 11.5. The summed E-state index contributed by atoms with van der Waals surface area (Å²) >= 11 is 0. The Kier molecular flexibility index (Phi) is 4.42. The molecule has 0 radical (unpaired) electrons. The Bertz CT molecular complexity index is 557. The van der Waals surface area contributed by atoms with Crippen LogP contribution in [0.5, 0.6) is 0 Å². The first kappa shape index (κ1) is 14.6. The van der Waals surface area contributed by atoms with E-state index < -0.39 is 27.5 Å². The van der Waals surface area contributed by atoms with Gasteiger partial charge in [-0.2, -0.15) is 0 Å². The highest BCUT2D eigenvalue weighted by Gasteiger charge is 2.15. The van der Waals surface area contributed by atoms with E-state index in [1.165, 1.54) is 0 Å². The second kappa shape index (κ2) is 5.45. The van der Waals surface area contributed by atoms with Crippen molar-refractivity contribution in [2.45, 2.75) is 11.8 Å². The summed E-state index contributed by atoms with van der Waals surface area (Å²) in [5.41, 5.74) is 5.15. The summed E-state index contributed by atoms with van der Waals surface area (Å²) in [6.45, 7) is 1.72. The highest BCUT2D eigenvalue weighted by Crippen LogP contribution is 2.20. The largest absolute Gasteiger partial charge is 0.330 e. The fourth-order valence-corrected chi connectivity index (χ4v) is 1.84. The fraction of sp³-hybridized carbons (Fsp3) is 0.364. The lowest BCUT2D eigenvalue weighted by molar-refractivity contribution is -0.119. The van der Waals surface area contributed by atoms with Gasteiger partial charge in [0.1, 0.15) is 5.82 Å². The molecular weight excluding hydrogens is 259 g/mol. The van der Waals surface area contributed by atoms with E-state index in [1.807, 2.05) is 0 Å². The highest BCUT2D eigenvalue weighted by molar-refractivity contribution is 7.90. The normalized spacial score (nSPS) is 13.1. The van der Waals surface area contributed by atoms with Gasteiger partial charge in [-0.05, 0) is 18.2 Å². The van der Waals surface area contributed by atoms with Crippen LogP contribution in [0, 0.1) is 11.7 Å². The number of carbonyl (C=O) groups excluding carboxylic acids is 1. The minimum atomic E-state index is -3.45. The minimum Gasteiger partial charge on any atom is -0.330 e. The van der Waals surface area contributed by atoms with Crippen LogP contribution in [0.15, 0.2) is 23.1 Å². The molecule has 7 heteroatoms. The van der Waals surface area contributed by atoms with Gasteiger partial charge in [-0.1, -0.05) is 6.92 Å². The Balaban J connectivity index is 3.06. The summed E-state index contributed by atoms with van der Waals surface area (Å²) in [5, 5.41) is 2.32. The van der Waals surface area contributed by atoms with E-state index in [0.29, 0.717) is 0 Å². The molecule has 1 aromatic carbocycles. The molecule has 100 valence electrons. The Labute approximate surface area is 105 Å². The van der Waals surface area contributed by atoms with E-state index in [9.17, 15) is 17.6 Å². The van der Waals surface area contributed by atoms with Gasteiger partial charge in [-0.25, -0.2) is 12.8 Å². The molecule has 1 aromatic rings. The molecule has 1 rings (SSSR count). The van der Waals surface area contributed by atoms with Crippen molar-refractivity contribution >= 4 is 21.4 Å². The number of nitrogens with two attached hydrogens (primary N) is 1. The summed E-state index contributed by atoms with van der Waals surface area (Å²) in [7, 11) is -3.45. The second-order valence-electron chi connectivity index (χ2n) is 4.04. The molecule has 1 unspecified atom stereocenters. The van der Waals surface area contributed by atoms with E-state index in [1.54, 1.807) is 6.92 Å². The molecule has 0 fully saturated rings. The maximum Gasteiger partial charge on any atom is 0.228 e. The van der Waals surface area contributed by atoms with Crippen molar-refractivity contribution in [1.29, 1.82) is 0 Å². The van der Waals surface area contributed by atoms with Gasteiger partial charge in [-0.15, -0.1) is 0 Å². The zero-order chi connectivity index (χ0) is 13.9. The first-order valence-corrected chi connectivity index (χ1v) is 7.15. The molecule has 0 saturated heterocycles. The quantitative estimate of drug-likeness (QED) is 0.793. The SMILES string of the molecule is CC(CN)C(=O)Nc1cc(S(C)(=O)=O)ccc1F. The summed E-state index contributed by atoms with van der Waals surface area (Å²) in [5.74, 6) is -1.63. The average molecular weight is 274 g/mol. The van der Waals surface area contributed by atoms with Gasteiger partial charge >= 0.3 is 0 Å². The Morgan fingerprint density at radius 2 is 2.11 bits per heavy atom. The van der Waals surface area contributed by atoms with Crippen LogP contribution in [0.1, 0.15) is 6.92 Å². The molecule has 1 atom stereocenters. The number of nitrogens with one attached hydrogen (secondary N) is 1. The van der Waals surface area contributed by atoms with Crippen LogP contribution in [-0.2, 0) is 14.6 Å². The Morgan fingerprint density at radius 1 is 1.50 bits per heavy atom. The van der Waals surface area contributed by atoms with Gasteiger partial charge < -0.3 is 11.1 Å². The second-order valence-corrected chi connectivity index (χ2v) is 6.06. The third-order valence-electron chi connectivity index (χ3n) is 2.42. The Hall–Kier alpha value is -1.47. The third kappa shape index (κ3) is 3.51. The first-order valence-electron chi connectivity index (χ1n) is 5.26. The molecule has 0 aliphatic heterocycles. The van der Waals surface area contributed by atoms with Gasteiger partial charge in [0.2, 0.25) is 5.91 Å². The van der Waals surface area contributed by atoms with Gasteiger partial charge in [0, 0.05) is 18.7 Å². The van der Waals surface area contributed by atoms with Crippen molar-refractivity contribution in [3.05, 3.63) is 24.0 Å². The van der Waals surface area contributed by atoms with Crippen molar-refractivity contribution in [3.8, 4) is 0 Å². The zero-order valence-electron chi connectivity index (χ0n) is 10.1. The molecule has 1 amide bonds. The van der Waals surface area contributed by atoms with Crippen molar-refractivity contribution in [2.75, 3.05) is 18.1 Å². The first-order chi connectivity index (χ1) is 8.25. The van der Waals surface area contributed by atoms with Crippen molar-refractivity contribution in [2.24, 2.45) is 11.7 Å². The molecule has 0 aromatic heterocycles. The molecule has 0 heterocycles. The number of rotatable bonds is 4. The monoisotopic (exact) mass is 274 g/mol. The van der Waals surface area contributed by atoms with Crippen molar-refractivity contribution in [3.63, 3.8) is 0 Å².